The van der Waals surface area contributed by atoms with Crippen LogP contribution in [0.25, 0.3) is 0 Å². The zero-order chi connectivity index (χ0) is 10.4. The van der Waals surface area contributed by atoms with Crippen LogP contribution in [0.5, 0.6) is 0 Å². The Bertz CT molecular complexity index is 422. The minimum Gasteiger partial charge on any atom is -0.316 e. The quantitative estimate of drug-likeness (QED) is 0.740. The summed E-state index contributed by atoms with van der Waals surface area (Å²) >= 11 is 0. The second kappa shape index (κ2) is 2.52. The molecular weight excluding hydrogens is 186 g/mol. The molecule has 0 bridgehead atoms. The predicted octanol–water partition coefficient (Wildman–Crippen LogP) is 1.75. The highest BCUT2D eigenvalue weighted by Crippen LogP contribution is 2.58. The first kappa shape index (κ1) is 9.10. The van der Waals surface area contributed by atoms with Crippen molar-refractivity contribution in [2.24, 2.45) is 5.73 Å². The predicted molar refractivity (Wildman–Crippen MR) is 46.6 cm³/mol. The van der Waals surface area contributed by atoms with Gasteiger partial charge in [-0.3, -0.25) is 0 Å². The first-order chi connectivity index (χ1) is 6.51. The third kappa shape index (κ3) is 1.03. The van der Waals surface area contributed by atoms with Crippen LogP contribution in [-0.2, 0) is 5.54 Å². The molecule has 1 aliphatic rings. The first-order valence-electron chi connectivity index (χ1n) is 4.17. The molecule has 0 saturated heterocycles. The van der Waals surface area contributed by atoms with Gasteiger partial charge >= 0.3 is 0 Å². The molecule has 1 atom stereocenters. The molecule has 0 aliphatic heterocycles. The van der Waals surface area contributed by atoms with E-state index in [4.69, 9.17) is 11.0 Å². The SMILES string of the molecule is N#Cc1ccccc1C1(N)CC1(F)F. The Morgan fingerprint density at radius 3 is 2.43 bits per heavy atom. The molecule has 14 heavy (non-hydrogen) atoms. The summed E-state index contributed by atoms with van der Waals surface area (Å²) in [4.78, 5) is 0. The van der Waals surface area contributed by atoms with Crippen molar-refractivity contribution in [3.8, 4) is 6.07 Å². The molecule has 0 spiro atoms. The molecule has 1 aromatic rings. The van der Waals surface area contributed by atoms with Crippen LogP contribution in [0.3, 0.4) is 0 Å². The third-order valence-electron chi connectivity index (χ3n) is 2.56. The van der Waals surface area contributed by atoms with E-state index in [1.54, 1.807) is 12.1 Å². The van der Waals surface area contributed by atoms with E-state index < -0.39 is 11.5 Å². The lowest BCUT2D eigenvalue weighted by atomic mass is 9.99. The van der Waals surface area contributed by atoms with E-state index >= 15 is 0 Å². The number of nitriles is 1. The summed E-state index contributed by atoms with van der Waals surface area (Å²) in [6.45, 7) is 0. The lowest BCUT2D eigenvalue weighted by Gasteiger charge is -2.11. The molecular formula is C10H8F2N2. The van der Waals surface area contributed by atoms with Crippen molar-refractivity contribution < 1.29 is 8.78 Å². The van der Waals surface area contributed by atoms with Crippen LogP contribution < -0.4 is 5.73 Å². The number of hydrogen-bond donors (Lipinski definition) is 1. The number of rotatable bonds is 1. The van der Waals surface area contributed by atoms with Gasteiger partial charge in [0.2, 0.25) is 0 Å². The molecule has 72 valence electrons. The van der Waals surface area contributed by atoms with Gasteiger partial charge in [-0.25, -0.2) is 8.78 Å². The molecule has 4 heteroatoms. The minimum absolute atomic E-state index is 0.229. The largest absolute Gasteiger partial charge is 0.316 e. The Morgan fingerprint density at radius 1 is 1.36 bits per heavy atom. The van der Waals surface area contributed by atoms with E-state index in [1.165, 1.54) is 12.1 Å². The third-order valence-corrected chi connectivity index (χ3v) is 2.56. The van der Waals surface area contributed by atoms with Crippen LogP contribution in [0, 0.1) is 11.3 Å². The fraction of sp³-hybridized carbons (Fsp3) is 0.300. The van der Waals surface area contributed by atoms with Gasteiger partial charge in [0, 0.05) is 6.42 Å². The lowest BCUT2D eigenvalue weighted by molar-refractivity contribution is 0.0890. The van der Waals surface area contributed by atoms with Crippen molar-refractivity contribution in [3.05, 3.63) is 35.4 Å². The Kier molecular flexibility index (Phi) is 1.64. The second-order valence-electron chi connectivity index (χ2n) is 3.51. The summed E-state index contributed by atoms with van der Waals surface area (Å²) in [6, 6.07) is 8.09. The van der Waals surface area contributed by atoms with Gasteiger partial charge in [0.15, 0.2) is 0 Å². The first-order valence-corrected chi connectivity index (χ1v) is 4.17. The van der Waals surface area contributed by atoms with Gasteiger partial charge in [-0.2, -0.15) is 5.26 Å². The standard InChI is InChI=1S/C10H8F2N2/c11-10(12)6-9(10,14)8-4-2-1-3-7(8)5-13/h1-4H,6,14H2. The Morgan fingerprint density at radius 2 is 1.93 bits per heavy atom. The molecule has 1 fully saturated rings. The van der Waals surface area contributed by atoms with Crippen LogP contribution in [0.15, 0.2) is 24.3 Å². The Labute approximate surface area is 79.9 Å². The van der Waals surface area contributed by atoms with Gasteiger partial charge in [0.1, 0.15) is 5.54 Å². The molecule has 1 aromatic carbocycles. The van der Waals surface area contributed by atoms with Gasteiger partial charge in [-0.05, 0) is 11.6 Å². The summed E-state index contributed by atoms with van der Waals surface area (Å²) in [6.07, 6.45) is -0.376. The van der Waals surface area contributed by atoms with Crippen LogP contribution in [-0.4, -0.2) is 5.92 Å². The summed E-state index contributed by atoms with van der Waals surface area (Å²) in [5.41, 5.74) is 4.37. The number of nitrogens with zero attached hydrogens (tertiary/aromatic N) is 1. The maximum absolute atomic E-state index is 12.9. The zero-order valence-electron chi connectivity index (χ0n) is 7.30. The average molecular weight is 194 g/mol. The summed E-state index contributed by atoms with van der Waals surface area (Å²) in [7, 11) is 0. The van der Waals surface area contributed by atoms with Crippen LogP contribution in [0.2, 0.25) is 0 Å². The molecule has 1 saturated carbocycles. The highest BCUT2D eigenvalue weighted by atomic mass is 19.3. The van der Waals surface area contributed by atoms with Crippen LogP contribution in [0.1, 0.15) is 17.5 Å². The van der Waals surface area contributed by atoms with Crippen molar-refractivity contribution in [2.45, 2.75) is 17.9 Å². The highest BCUT2D eigenvalue weighted by Gasteiger charge is 2.70. The second-order valence-corrected chi connectivity index (χ2v) is 3.51. The highest BCUT2D eigenvalue weighted by molar-refractivity contribution is 5.47. The van der Waals surface area contributed by atoms with E-state index in [0.29, 0.717) is 0 Å². The van der Waals surface area contributed by atoms with Gasteiger partial charge < -0.3 is 5.73 Å². The van der Waals surface area contributed by atoms with Crippen molar-refractivity contribution in [1.82, 2.24) is 0 Å². The van der Waals surface area contributed by atoms with Crippen LogP contribution >= 0.6 is 0 Å². The van der Waals surface area contributed by atoms with Crippen molar-refractivity contribution in [2.75, 3.05) is 0 Å². The zero-order valence-corrected chi connectivity index (χ0v) is 7.30. The van der Waals surface area contributed by atoms with E-state index in [1.807, 2.05) is 6.07 Å². The fourth-order valence-electron chi connectivity index (χ4n) is 1.57. The Hall–Kier alpha value is -1.47. The number of alkyl halides is 2. The number of hydrogen-bond acceptors (Lipinski definition) is 2. The fourth-order valence-corrected chi connectivity index (χ4v) is 1.57. The number of benzene rings is 1. The molecule has 0 aromatic heterocycles. The topological polar surface area (TPSA) is 49.8 Å². The van der Waals surface area contributed by atoms with Gasteiger partial charge in [0.25, 0.3) is 5.92 Å². The van der Waals surface area contributed by atoms with E-state index in [-0.39, 0.29) is 17.5 Å². The smallest absolute Gasteiger partial charge is 0.272 e. The van der Waals surface area contributed by atoms with E-state index in [2.05, 4.69) is 0 Å². The molecule has 0 radical (unpaired) electrons. The summed E-state index contributed by atoms with van der Waals surface area (Å²) in [5.74, 6) is -2.88. The molecule has 2 nitrogen and oxygen atoms in total. The summed E-state index contributed by atoms with van der Waals surface area (Å²) < 4.78 is 25.9. The van der Waals surface area contributed by atoms with Crippen molar-refractivity contribution in [3.63, 3.8) is 0 Å². The Balaban J connectivity index is 2.50. The lowest BCUT2D eigenvalue weighted by Crippen LogP contribution is -2.28. The van der Waals surface area contributed by atoms with Gasteiger partial charge in [-0.1, -0.05) is 18.2 Å². The monoisotopic (exact) mass is 194 g/mol. The van der Waals surface area contributed by atoms with Gasteiger partial charge in [0.05, 0.1) is 11.6 Å². The van der Waals surface area contributed by atoms with Crippen LogP contribution in [0.4, 0.5) is 8.78 Å². The van der Waals surface area contributed by atoms with Gasteiger partial charge in [-0.15, -0.1) is 0 Å². The molecule has 1 unspecified atom stereocenters. The molecule has 1 aliphatic carbocycles. The van der Waals surface area contributed by atoms with E-state index in [9.17, 15) is 8.78 Å². The summed E-state index contributed by atoms with van der Waals surface area (Å²) in [5, 5.41) is 8.73. The maximum atomic E-state index is 12.9. The van der Waals surface area contributed by atoms with Crippen molar-refractivity contribution in [1.29, 1.82) is 5.26 Å². The number of halogens is 2. The molecule has 0 heterocycles. The molecule has 2 rings (SSSR count). The minimum atomic E-state index is -2.88. The number of nitrogens with two attached hydrogens (primary N) is 1. The normalized spacial score (nSPS) is 28.1. The van der Waals surface area contributed by atoms with Crippen molar-refractivity contribution >= 4 is 0 Å². The molecule has 0 amide bonds. The molecule has 2 N–H and O–H groups in total. The average Bonchev–Trinajstić information content (AvgIpc) is 2.67. The van der Waals surface area contributed by atoms with E-state index in [0.717, 1.165) is 0 Å². The maximum Gasteiger partial charge on any atom is 0.272 e.